The van der Waals surface area contributed by atoms with Crippen LogP contribution in [0.15, 0.2) is 47.4 Å². The van der Waals surface area contributed by atoms with Gasteiger partial charge in [0.15, 0.2) is 0 Å². The van der Waals surface area contributed by atoms with Crippen molar-refractivity contribution in [3.63, 3.8) is 0 Å². The molecule has 1 aromatic rings. The average molecular weight is 263 g/mol. The molecule has 2 bridgehead atoms. The van der Waals surface area contributed by atoms with E-state index < -0.39 is 10.0 Å². The summed E-state index contributed by atoms with van der Waals surface area (Å²) in [5.41, 5.74) is 0. The summed E-state index contributed by atoms with van der Waals surface area (Å²) in [7, 11) is -3.34. The van der Waals surface area contributed by atoms with Crippen molar-refractivity contribution in [1.29, 1.82) is 0 Å². The van der Waals surface area contributed by atoms with Crippen LogP contribution in [0.4, 0.5) is 0 Å². The molecular formula is C14H17NO2S. The van der Waals surface area contributed by atoms with Crippen LogP contribution >= 0.6 is 0 Å². The van der Waals surface area contributed by atoms with E-state index in [-0.39, 0.29) is 0 Å². The van der Waals surface area contributed by atoms with Gasteiger partial charge < -0.3 is 0 Å². The van der Waals surface area contributed by atoms with Gasteiger partial charge in [0.05, 0.1) is 4.90 Å². The fourth-order valence-corrected chi connectivity index (χ4v) is 4.14. The lowest BCUT2D eigenvalue weighted by Gasteiger charge is -2.18. The molecule has 0 saturated heterocycles. The Balaban J connectivity index is 1.65. The first kappa shape index (κ1) is 11.9. The van der Waals surface area contributed by atoms with Gasteiger partial charge in [0.25, 0.3) is 0 Å². The summed E-state index contributed by atoms with van der Waals surface area (Å²) >= 11 is 0. The summed E-state index contributed by atoms with van der Waals surface area (Å²) in [5.74, 6) is 1.73. The van der Waals surface area contributed by atoms with Gasteiger partial charge in [0.1, 0.15) is 0 Å². The molecule has 4 heteroatoms. The quantitative estimate of drug-likeness (QED) is 0.846. The fraction of sp³-hybridized carbons (Fsp3) is 0.429. The van der Waals surface area contributed by atoms with Crippen molar-refractivity contribution in [2.75, 3.05) is 6.54 Å². The fourth-order valence-electron chi connectivity index (χ4n) is 3.03. The van der Waals surface area contributed by atoms with E-state index in [9.17, 15) is 8.42 Å². The Kier molecular flexibility index (Phi) is 2.99. The second-order valence-electron chi connectivity index (χ2n) is 5.21. The van der Waals surface area contributed by atoms with Gasteiger partial charge >= 0.3 is 0 Å². The Labute approximate surface area is 108 Å². The van der Waals surface area contributed by atoms with E-state index in [1.54, 1.807) is 24.3 Å². The largest absolute Gasteiger partial charge is 0.240 e. The van der Waals surface area contributed by atoms with Crippen LogP contribution in [-0.2, 0) is 10.0 Å². The van der Waals surface area contributed by atoms with Gasteiger partial charge in [-0.15, -0.1) is 0 Å². The molecule has 96 valence electrons. The maximum Gasteiger partial charge on any atom is 0.240 e. The third kappa shape index (κ3) is 2.22. The summed E-state index contributed by atoms with van der Waals surface area (Å²) in [6.45, 7) is 0.558. The molecular weight excluding hydrogens is 246 g/mol. The summed E-state index contributed by atoms with van der Waals surface area (Å²) < 4.78 is 26.9. The van der Waals surface area contributed by atoms with Gasteiger partial charge in [-0.1, -0.05) is 30.4 Å². The molecule has 1 N–H and O–H groups in total. The van der Waals surface area contributed by atoms with Crippen LogP contribution in [0.1, 0.15) is 12.8 Å². The van der Waals surface area contributed by atoms with Gasteiger partial charge in [-0.2, -0.15) is 0 Å². The van der Waals surface area contributed by atoms with Crippen LogP contribution in [0.5, 0.6) is 0 Å². The zero-order valence-electron chi connectivity index (χ0n) is 10.1. The highest BCUT2D eigenvalue weighted by Gasteiger charge is 2.35. The summed E-state index contributed by atoms with van der Waals surface area (Å²) in [6, 6.07) is 8.56. The standard InChI is InChI=1S/C14H17NO2S/c16-18(17,14-4-2-1-3-5-14)15-10-13-9-11-6-7-12(13)8-11/h1-7,11-13,15H,8-10H2/t11?,12?,13-/m0/s1. The van der Waals surface area contributed by atoms with E-state index in [0.29, 0.717) is 29.2 Å². The van der Waals surface area contributed by atoms with E-state index >= 15 is 0 Å². The molecule has 0 amide bonds. The number of rotatable bonds is 4. The molecule has 0 aliphatic heterocycles. The van der Waals surface area contributed by atoms with Crippen molar-refractivity contribution in [3.05, 3.63) is 42.5 Å². The predicted octanol–water partition coefficient (Wildman–Crippen LogP) is 2.18. The molecule has 1 aromatic carbocycles. The van der Waals surface area contributed by atoms with Gasteiger partial charge in [-0.05, 0) is 42.7 Å². The lowest BCUT2D eigenvalue weighted by atomic mass is 9.94. The molecule has 0 radical (unpaired) electrons. The molecule has 2 unspecified atom stereocenters. The van der Waals surface area contributed by atoms with Crippen molar-refractivity contribution in [1.82, 2.24) is 4.72 Å². The van der Waals surface area contributed by atoms with Gasteiger partial charge in [0.2, 0.25) is 10.0 Å². The number of benzene rings is 1. The Hall–Kier alpha value is -1.13. The first-order valence-corrected chi connectivity index (χ1v) is 7.86. The van der Waals surface area contributed by atoms with Crippen LogP contribution in [0.3, 0.4) is 0 Å². The van der Waals surface area contributed by atoms with E-state index in [1.165, 1.54) is 6.42 Å². The Morgan fingerprint density at radius 2 is 1.89 bits per heavy atom. The highest BCUT2D eigenvalue weighted by Crippen LogP contribution is 2.43. The lowest BCUT2D eigenvalue weighted by molar-refractivity contribution is 0.440. The first-order valence-electron chi connectivity index (χ1n) is 6.38. The van der Waals surface area contributed by atoms with E-state index in [4.69, 9.17) is 0 Å². The van der Waals surface area contributed by atoms with E-state index in [2.05, 4.69) is 16.9 Å². The smallest absolute Gasteiger partial charge is 0.211 e. The normalized spacial score (nSPS) is 29.9. The van der Waals surface area contributed by atoms with Crippen LogP contribution < -0.4 is 4.72 Å². The van der Waals surface area contributed by atoms with Crippen LogP contribution in [0.25, 0.3) is 0 Å². The van der Waals surface area contributed by atoms with Crippen molar-refractivity contribution in [3.8, 4) is 0 Å². The molecule has 1 fully saturated rings. The molecule has 3 nitrogen and oxygen atoms in total. The molecule has 0 aromatic heterocycles. The van der Waals surface area contributed by atoms with Crippen molar-refractivity contribution >= 4 is 10.0 Å². The van der Waals surface area contributed by atoms with Gasteiger partial charge in [0, 0.05) is 6.54 Å². The Bertz CT molecular complexity index is 550. The van der Waals surface area contributed by atoms with Crippen LogP contribution in [-0.4, -0.2) is 15.0 Å². The first-order chi connectivity index (χ1) is 8.65. The lowest BCUT2D eigenvalue weighted by Crippen LogP contribution is -2.31. The number of sulfonamides is 1. The van der Waals surface area contributed by atoms with Crippen molar-refractivity contribution in [2.24, 2.45) is 17.8 Å². The topological polar surface area (TPSA) is 46.2 Å². The summed E-state index contributed by atoms with van der Waals surface area (Å²) in [5, 5.41) is 0. The third-order valence-corrected chi connectivity index (χ3v) is 5.44. The van der Waals surface area contributed by atoms with Gasteiger partial charge in [-0.3, -0.25) is 0 Å². The predicted molar refractivity (Wildman–Crippen MR) is 70.5 cm³/mol. The minimum Gasteiger partial charge on any atom is -0.211 e. The second kappa shape index (κ2) is 4.52. The molecule has 2 aliphatic rings. The zero-order chi connectivity index (χ0) is 12.6. The number of allylic oxidation sites excluding steroid dienone is 2. The average Bonchev–Trinajstić information content (AvgIpc) is 3.00. The second-order valence-corrected chi connectivity index (χ2v) is 6.97. The summed E-state index contributed by atoms with van der Waals surface area (Å²) in [4.78, 5) is 0.351. The van der Waals surface area contributed by atoms with E-state index in [1.807, 2.05) is 6.07 Å². The maximum atomic E-state index is 12.1. The number of fused-ring (bicyclic) bond motifs is 2. The maximum absolute atomic E-state index is 12.1. The molecule has 18 heavy (non-hydrogen) atoms. The highest BCUT2D eigenvalue weighted by atomic mass is 32.2. The minimum atomic E-state index is -3.34. The highest BCUT2D eigenvalue weighted by molar-refractivity contribution is 7.89. The summed E-state index contributed by atoms with van der Waals surface area (Å²) in [6.07, 6.45) is 6.85. The van der Waals surface area contributed by atoms with Gasteiger partial charge in [-0.25, -0.2) is 13.1 Å². The molecule has 2 aliphatic carbocycles. The van der Waals surface area contributed by atoms with E-state index in [0.717, 1.165) is 6.42 Å². The molecule has 1 saturated carbocycles. The SMILES string of the molecule is O=S(=O)(NC[C@@H]1CC2C=CC1C2)c1ccccc1. The Morgan fingerprint density at radius 1 is 1.11 bits per heavy atom. The molecule has 0 heterocycles. The van der Waals surface area contributed by atoms with Crippen LogP contribution in [0, 0.1) is 17.8 Å². The zero-order valence-corrected chi connectivity index (χ0v) is 10.9. The number of hydrogen-bond acceptors (Lipinski definition) is 2. The third-order valence-electron chi connectivity index (χ3n) is 4.01. The minimum absolute atomic E-state index is 0.351. The monoisotopic (exact) mass is 263 g/mol. The van der Waals surface area contributed by atoms with Crippen molar-refractivity contribution in [2.45, 2.75) is 17.7 Å². The molecule has 0 spiro atoms. The van der Waals surface area contributed by atoms with Crippen molar-refractivity contribution < 1.29 is 8.42 Å². The number of hydrogen-bond donors (Lipinski definition) is 1. The number of nitrogens with one attached hydrogen (secondary N) is 1. The molecule has 3 rings (SSSR count). The molecule has 3 atom stereocenters. The van der Waals surface area contributed by atoms with Crippen LogP contribution in [0.2, 0.25) is 0 Å². The Morgan fingerprint density at radius 3 is 2.50 bits per heavy atom.